The minimum atomic E-state index is -4.32. The van der Waals surface area contributed by atoms with E-state index in [9.17, 15) is 13.5 Å². The van der Waals surface area contributed by atoms with Gasteiger partial charge in [-0.3, -0.25) is 4.55 Å². The lowest BCUT2D eigenvalue weighted by Gasteiger charge is -2.10. The van der Waals surface area contributed by atoms with Gasteiger partial charge in [0, 0.05) is 5.56 Å². The molecule has 0 aliphatic heterocycles. The minimum absolute atomic E-state index is 0.159. The molecule has 0 amide bonds. The highest BCUT2D eigenvalue weighted by Crippen LogP contribution is 2.28. The molecule has 0 saturated heterocycles. The van der Waals surface area contributed by atoms with Crippen LogP contribution in [0, 0.1) is 6.92 Å². The van der Waals surface area contributed by atoms with Gasteiger partial charge in [0.1, 0.15) is 10.6 Å². The number of allylic oxidation sites excluding steroid dienone is 1. The normalized spacial score (nSPS) is 11.3. The lowest BCUT2D eigenvalue weighted by atomic mass is 10.1. The molecule has 5 heteroatoms. The van der Waals surface area contributed by atoms with Gasteiger partial charge in [-0.25, -0.2) is 0 Å². The van der Waals surface area contributed by atoms with Crippen LogP contribution in [-0.2, 0) is 16.5 Å². The van der Waals surface area contributed by atoms with Crippen LogP contribution in [0.3, 0.4) is 0 Å². The quantitative estimate of drug-likeness (QED) is 0.609. The summed E-state index contributed by atoms with van der Waals surface area (Å²) in [5.74, 6) is -0.159. The number of hydrogen-bond donors (Lipinski definition) is 2. The Kier molecular flexibility index (Phi) is 3.16. The summed E-state index contributed by atoms with van der Waals surface area (Å²) in [5.41, 5.74) is 0.569. The van der Waals surface area contributed by atoms with Crippen LogP contribution in [0.25, 0.3) is 0 Å². The molecule has 0 fully saturated rings. The standard InChI is InChI=1S/C10H12O4S/c1-3-4-8-9(11)6-5-7(2)10(8)15(12,13)14/h3,5-6,11H,1,4H2,2H3,(H,12,13,14). The minimum Gasteiger partial charge on any atom is -0.508 e. The number of rotatable bonds is 3. The van der Waals surface area contributed by atoms with E-state index >= 15 is 0 Å². The molecular weight excluding hydrogens is 216 g/mol. The number of hydrogen-bond acceptors (Lipinski definition) is 3. The highest BCUT2D eigenvalue weighted by Gasteiger charge is 2.20. The first kappa shape index (κ1) is 11.7. The zero-order valence-corrected chi connectivity index (χ0v) is 9.08. The Balaban J connectivity index is 3.59. The van der Waals surface area contributed by atoms with Crippen LogP contribution in [0.15, 0.2) is 29.7 Å². The van der Waals surface area contributed by atoms with Crippen molar-refractivity contribution in [3.63, 3.8) is 0 Å². The maximum atomic E-state index is 11.1. The molecule has 0 radical (unpaired) electrons. The van der Waals surface area contributed by atoms with Gasteiger partial charge in [0.05, 0.1) is 0 Å². The lowest BCUT2D eigenvalue weighted by molar-refractivity contribution is 0.459. The third kappa shape index (κ3) is 2.37. The van der Waals surface area contributed by atoms with E-state index in [0.29, 0.717) is 5.56 Å². The average molecular weight is 228 g/mol. The molecule has 0 spiro atoms. The Morgan fingerprint density at radius 2 is 2.07 bits per heavy atom. The van der Waals surface area contributed by atoms with E-state index in [-0.39, 0.29) is 22.6 Å². The summed E-state index contributed by atoms with van der Waals surface area (Å²) >= 11 is 0. The van der Waals surface area contributed by atoms with Crippen LogP contribution in [0.4, 0.5) is 0 Å². The van der Waals surface area contributed by atoms with E-state index in [0.717, 1.165) is 0 Å². The Bertz CT molecular complexity index is 488. The van der Waals surface area contributed by atoms with Gasteiger partial charge < -0.3 is 5.11 Å². The van der Waals surface area contributed by atoms with Crippen LogP contribution in [0.2, 0.25) is 0 Å². The highest BCUT2D eigenvalue weighted by molar-refractivity contribution is 7.86. The molecule has 4 nitrogen and oxygen atoms in total. The first-order valence-corrected chi connectivity index (χ1v) is 5.71. The van der Waals surface area contributed by atoms with Gasteiger partial charge in [0.25, 0.3) is 10.1 Å². The molecule has 2 N–H and O–H groups in total. The molecule has 15 heavy (non-hydrogen) atoms. The van der Waals surface area contributed by atoms with Crippen LogP contribution >= 0.6 is 0 Å². The molecular formula is C10H12O4S. The van der Waals surface area contributed by atoms with Gasteiger partial charge in [-0.2, -0.15) is 8.42 Å². The fourth-order valence-electron chi connectivity index (χ4n) is 1.44. The second-order valence-electron chi connectivity index (χ2n) is 3.18. The van der Waals surface area contributed by atoms with E-state index in [1.54, 1.807) is 6.92 Å². The monoisotopic (exact) mass is 228 g/mol. The Hall–Kier alpha value is -1.33. The molecule has 0 aromatic heterocycles. The zero-order chi connectivity index (χ0) is 11.6. The zero-order valence-electron chi connectivity index (χ0n) is 8.27. The second-order valence-corrected chi connectivity index (χ2v) is 4.54. The molecule has 0 aliphatic carbocycles. The molecule has 0 aliphatic rings. The summed E-state index contributed by atoms with van der Waals surface area (Å²) in [7, 11) is -4.32. The Morgan fingerprint density at radius 1 is 1.47 bits per heavy atom. The predicted octanol–water partition coefficient (Wildman–Crippen LogP) is 1.68. The molecule has 1 aromatic rings. The average Bonchev–Trinajstić information content (AvgIpc) is 2.09. The summed E-state index contributed by atoms with van der Waals surface area (Å²) in [6, 6.07) is 2.83. The summed E-state index contributed by atoms with van der Waals surface area (Å²) in [6.45, 7) is 5.01. The van der Waals surface area contributed by atoms with Crippen molar-refractivity contribution in [2.24, 2.45) is 0 Å². The van der Waals surface area contributed by atoms with Crippen LogP contribution in [0.5, 0.6) is 5.75 Å². The topological polar surface area (TPSA) is 74.6 Å². The SMILES string of the molecule is C=CCc1c(O)ccc(C)c1S(=O)(=O)O. The van der Waals surface area contributed by atoms with Crippen molar-refractivity contribution in [2.75, 3.05) is 0 Å². The number of phenolic OH excluding ortho intramolecular Hbond substituents is 1. The summed E-state index contributed by atoms with van der Waals surface area (Å²) in [6.07, 6.45) is 1.64. The maximum Gasteiger partial charge on any atom is 0.295 e. The molecule has 0 heterocycles. The van der Waals surface area contributed by atoms with Gasteiger partial charge >= 0.3 is 0 Å². The lowest BCUT2D eigenvalue weighted by Crippen LogP contribution is -2.05. The smallest absolute Gasteiger partial charge is 0.295 e. The maximum absolute atomic E-state index is 11.1. The summed E-state index contributed by atoms with van der Waals surface area (Å²) < 4.78 is 31.3. The summed E-state index contributed by atoms with van der Waals surface area (Å²) in [4.78, 5) is -0.234. The Morgan fingerprint density at radius 3 is 2.53 bits per heavy atom. The Labute approximate surface area is 88.6 Å². The van der Waals surface area contributed by atoms with Crippen molar-refractivity contribution < 1.29 is 18.1 Å². The predicted molar refractivity (Wildman–Crippen MR) is 56.6 cm³/mol. The van der Waals surface area contributed by atoms with Crippen molar-refractivity contribution in [1.82, 2.24) is 0 Å². The fraction of sp³-hybridized carbons (Fsp3) is 0.200. The van der Waals surface area contributed by atoms with E-state index in [1.165, 1.54) is 18.2 Å². The van der Waals surface area contributed by atoms with Crippen molar-refractivity contribution >= 4 is 10.1 Å². The first-order chi connectivity index (χ1) is 6.88. The summed E-state index contributed by atoms with van der Waals surface area (Å²) in [5, 5.41) is 9.49. The van der Waals surface area contributed by atoms with Gasteiger partial charge in [-0.05, 0) is 25.0 Å². The van der Waals surface area contributed by atoms with Gasteiger partial charge in [0.2, 0.25) is 0 Å². The van der Waals surface area contributed by atoms with E-state index in [1.807, 2.05) is 0 Å². The van der Waals surface area contributed by atoms with Crippen molar-refractivity contribution in [2.45, 2.75) is 18.2 Å². The molecule has 0 bridgehead atoms. The third-order valence-corrected chi connectivity index (χ3v) is 3.12. The van der Waals surface area contributed by atoms with Crippen LogP contribution in [0.1, 0.15) is 11.1 Å². The number of phenols is 1. The number of aryl methyl sites for hydroxylation is 1. The third-order valence-electron chi connectivity index (χ3n) is 2.04. The van der Waals surface area contributed by atoms with E-state index < -0.39 is 10.1 Å². The van der Waals surface area contributed by atoms with Crippen molar-refractivity contribution in [1.29, 1.82) is 0 Å². The molecule has 0 saturated carbocycles. The van der Waals surface area contributed by atoms with Gasteiger partial charge in [0.15, 0.2) is 0 Å². The second kappa shape index (κ2) is 4.04. The molecule has 0 atom stereocenters. The molecule has 1 rings (SSSR count). The first-order valence-electron chi connectivity index (χ1n) is 4.27. The number of benzene rings is 1. The van der Waals surface area contributed by atoms with E-state index in [2.05, 4.69) is 6.58 Å². The highest BCUT2D eigenvalue weighted by atomic mass is 32.2. The fourth-order valence-corrected chi connectivity index (χ4v) is 2.41. The molecule has 82 valence electrons. The van der Waals surface area contributed by atoms with E-state index in [4.69, 9.17) is 4.55 Å². The van der Waals surface area contributed by atoms with Crippen LogP contribution in [-0.4, -0.2) is 18.1 Å². The number of aromatic hydroxyl groups is 1. The van der Waals surface area contributed by atoms with Crippen molar-refractivity contribution in [3.05, 3.63) is 35.9 Å². The van der Waals surface area contributed by atoms with Crippen LogP contribution < -0.4 is 0 Å². The van der Waals surface area contributed by atoms with Gasteiger partial charge in [-0.15, -0.1) is 6.58 Å². The molecule has 0 unspecified atom stereocenters. The largest absolute Gasteiger partial charge is 0.508 e. The van der Waals surface area contributed by atoms with Gasteiger partial charge in [-0.1, -0.05) is 12.1 Å². The molecule has 1 aromatic carbocycles. The van der Waals surface area contributed by atoms with Crippen molar-refractivity contribution in [3.8, 4) is 5.75 Å².